The highest BCUT2D eigenvalue weighted by atomic mass is 32.2. The summed E-state index contributed by atoms with van der Waals surface area (Å²) in [5.74, 6) is -2.77. The van der Waals surface area contributed by atoms with Crippen LogP contribution in [0.5, 0.6) is 0 Å². The van der Waals surface area contributed by atoms with Gasteiger partial charge in [0.05, 0.1) is 4.90 Å². The SMILES string of the molecule is O=S(=O)(c1ccccc1)N1C(C(F)C(F)(F)F)=NOC1(C(F)(F)F)C(F)(F)F. The van der Waals surface area contributed by atoms with E-state index in [-0.39, 0.29) is 0 Å². The molecular weight excluding hydrogens is 442 g/mol. The first-order valence-electron chi connectivity index (χ1n) is 6.68. The molecule has 1 aromatic rings. The highest BCUT2D eigenvalue weighted by Crippen LogP contribution is 2.53. The first kappa shape index (κ1) is 22.0. The minimum Gasteiger partial charge on any atom is -0.344 e. The number of oxime groups is 1. The maximum atomic E-state index is 13.7. The molecule has 5 nitrogen and oxygen atoms in total. The van der Waals surface area contributed by atoms with E-state index in [0.717, 1.165) is 18.2 Å². The molecule has 0 aromatic heterocycles. The molecule has 0 saturated carbocycles. The summed E-state index contributed by atoms with van der Waals surface area (Å²) in [7, 11) is -6.07. The molecule has 0 aliphatic carbocycles. The van der Waals surface area contributed by atoms with Crippen molar-refractivity contribution in [3.05, 3.63) is 30.3 Å². The van der Waals surface area contributed by atoms with Crippen LogP contribution in [0.4, 0.5) is 43.9 Å². The zero-order valence-electron chi connectivity index (χ0n) is 12.8. The van der Waals surface area contributed by atoms with E-state index in [4.69, 9.17) is 0 Å². The van der Waals surface area contributed by atoms with E-state index < -0.39 is 55.5 Å². The first-order valence-corrected chi connectivity index (χ1v) is 8.12. The summed E-state index contributed by atoms with van der Waals surface area (Å²) in [6.07, 6.45) is -24.1. The molecule has 1 heterocycles. The van der Waals surface area contributed by atoms with Gasteiger partial charge >= 0.3 is 24.3 Å². The van der Waals surface area contributed by atoms with Crippen LogP contribution in [0.2, 0.25) is 0 Å². The van der Waals surface area contributed by atoms with Crippen molar-refractivity contribution in [2.75, 3.05) is 0 Å². The van der Waals surface area contributed by atoms with Crippen molar-refractivity contribution in [3.8, 4) is 0 Å². The van der Waals surface area contributed by atoms with E-state index in [2.05, 4.69) is 4.84 Å². The molecule has 0 amide bonds. The number of halogens is 10. The predicted molar refractivity (Wildman–Crippen MR) is 69.8 cm³/mol. The maximum absolute atomic E-state index is 13.7. The minimum atomic E-state index is -6.69. The average Bonchev–Trinajstić information content (AvgIpc) is 2.96. The Bertz CT molecular complexity index is 846. The van der Waals surface area contributed by atoms with Gasteiger partial charge < -0.3 is 4.84 Å². The third-order valence-corrected chi connectivity index (χ3v) is 5.12. The lowest BCUT2D eigenvalue weighted by Crippen LogP contribution is -2.69. The van der Waals surface area contributed by atoms with Crippen LogP contribution in [-0.2, 0) is 14.9 Å². The van der Waals surface area contributed by atoms with Gasteiger partial charge in [-0.1, -0.05) is 23.4 Å². The van der Waals surface area contributed by atoms with Crippen molar-refractivity contribution in [1.29, 1.82) is 0 Å². The predicted octanol–water partition coefficient (Wildman–Crippen LogP) is 3.74. The van der Waals surface area contributed by atoms with E-state index in [9.17, 15) is 52.3 Å². The Kier molecular flexibility index (Phi) is 5.02. The number of hydrogen-bond donors (Lipinski definition) is 0. The number of sulfonamides is 1. The van der Waals surface area contributed by atoms with Gasteiger partial charge in [-0.2, -0.15) is 43.8 Å². The van der Waals surface area contributed by atoms with Gasteiger partial charge in [0, 0.05) is 0 Å². The van der Waals surface area contributed by atoms with Crippen molar-refractivity contribution in [2.24, 2.45) is 5.16 Å². The Hall–Kier alpha value is -2.26. The third-order valence-electron chi connectivity index (χ3n) is 3.33. The van der Waals surface area contributed by atoms with Gasteiger partial charge in [-0.3, -0.25) is 0 Å². The Morgan fingerprint density at radius 3 is 1.79 bits per heavy atom. The van der Waals surface area contributed by atoms with Gasteiger partial charge in [0.15, 0.2) is 0 Å². The molecule has 158 valence electrons. The van der Waals surface area contributed by atoms with Crippen LogP contribution >= 0.6 is 0 Å². The standard InChI is InChI=1S/C12H6F10N2O3S/c13-7(9(14,15)16)8-23-27-10(11(17,18)19,12(20,21)22)24(8)28(25,26)6-4-2-1-3-5-6/h1-5,7H. The van der Waals surface area contributed by atoms with Gasteiger partial charge in [-0.05, 0) is 12.1 Å². The normalized spacial score (nSPS) is 19.2. The highest BCUT2D eigenvalue weighted by Gasteiger charge is 2.84. The number of hydrogen-bond acceptors (Lipinski definition) is 4. The van der Waals surface area contributed by atoms with Crippen molar-refractivity contribution in [2.45, 2.75) is 35.3 Å². The Morgan fingerprint density at radius 1 is 0.929 bits per heavy atom. The molecule has 0 fully saturated rings. The summed E-state index contributed by atoms with van der Waals surface area (Å²) in [5.41, 5.74) is -5.90. The number of rotatable bonds is 3. The van der Waals surface area contributed by atoms with Gasteiger partial charge in [0.2, 0.25) is 5.84 Å². The van der Waals surface area contributed by atoms with Gasteiger partial charge in [-0.25, -0.2) is 12.8 Å². The summed E-state index contributed by atoms with van der Waals surface area (Å²) >= 11 is 0. The van der Waals surface area contributed by atoms with Crippen LogP contribution in [0.1, 0.15) is 0 Å². The van der Waals surface area contributed by atoms with Crippen LogP contribution in [0.3, 0.4) is 0 Å². The van der Waals surface area contributed by atoms with E-state index >= 15 is 0 Å². The maximum Gasteiger partial charge on any atom is 0.462 e. The molecular formula is C12H6F10N2O3S. The lowest BCUT2D eigenvalue weighted by Gasteiger charge is -2.38. The zero-order chi connectivity index (χ0) is 21.8. The molecule has 0 radical (unpaired) electrons. The third kappa shape index (κ3) is 3.22. The molecule has 2 rings (SSSR count). The summed E-state index contributed by atoms with van der Waals surface area (Å²) in [6.45, 7) is 0. The fraction of sp³-hybridized carbons (Fsp3) is 0.417. The van der Waals surface area contributed by atoms with Gasteiger partial charge in [0.1, 0.15) is 0 Å². The van der Waals surface area contributed by atoms with Crippen molar-refractivity contribution in [3.63, 3.8) is 0 Å². The fourth-order valence-corrected chi connectivity index (χ4v) is 3.79. The van der Waals surface area contributed by atoms with Crippen LogP contribution in [0.15, 0.2) is 40.4 Å². The van der Waals surface area contributed by atoms with Crippen molar-refractivity contribution < 1.29 is 57.2 Å². The Balaban J connectivity index is 2.84. The van der Waals surface area contributed by atoms with Crippen LogP contribution in [0, 0.1) is 0 Å². The molecule has 1 aromatic carbocycles. The molecule has 0 saturated heterocycles. The molecule has 28 heavy (non-hydrogen) atoms. The Morgan fingerprint density at radius 2 is 1.39 bits per heavy atom. The Labute approximate surface area is 149 Å². The topological polar surface area (TPSA) is 59.0 Å². The molecule has 0 N–H and O–H groups in total. The molecule has 1 aliphatic heterocycles. The first-order chi connectivity index (χ1) is 12.5. The average molecular weight is 448 g/mol. The monoisotopic (exact) mass is 448 g/mol. The molecule has 0 spiro atoms. The van der Waals surface area contributed by atoms with Crippen LogP contribution in [0.25, 0.3) is 0 Å². The highest BCUT2D eigenvalue weighted by molar-refractivity contribution is 7.89. The van der Waals surface area contributed by atoms with E-state index in [1.807, 2.05) is 5.16 Å². The lowest BCUT2D eigenvalue weighted by atomic mass is 10.2. The fourth-order valence-electron chi connectivity index (χ4n) is 2.13. The molecule has 16 heteroatoms. The zero-order valence-corrected chi connectivity index (χ0v) is 13.6. The van der Waals surface area contributed by atoms with Gasteiger partial charge in [-0.15, -0.1) is 0 Å². The molecule has 1 unspecified atom stereocenters. The number of amidine groups is 1. The van der Waals surface area contributed by atoms with E-state index in [0.29, 0.717) is 12.1 Å². The largest absolute Gasteiger partial charge is 0.462 e. The quantitative estimate of drug-likeness (QED) is 0.663. The van der Waals surface area contributed by atoms with Crippen LogP contribution < -0.4 is 0 Å². The van der Waals surface area contributed by atoms with Gasteiger partial charge in [0.25, 0.3) is 16.2 Å². The second-order valence-corrected chi connectivity index (χ2v) is 6.95. The summed E-state index contributed by atoms with van der Waals surface area (Å²) in [5, 5.41) is 1.89. The summed E-state index contributed by atoms with van der Waals surface area (Å²) < 4.78 is 154. The summed E-state index contributed by atoms with van der Waals surface area (Å²) in [6, 6.07) is 3.82. The number of alkyl halides is 10. The van der Waals surface area contributed by atoms with E-state index in [1.165, 1.54) is 0 Å². The van der Waals surface area contributed by atoms with Crippen molar-refractivity contribution >= 4 is 15.9 Å². The van der Waals surface area contributed by atoms with E-state index in [1.54, 1.807) is 0 Å². The molecule has 1 aliphatic rings. The minimum absolute atomic E-state index is 0.490. The molecule has 0 bridgehead atoms. The van der Waals surface area contributed by atoms with Crippen molar-refractivity contribution in [1.82, 2.24) is 4.31 Å². The summed E-state index contributed by atoms with van der Waals surface area (Å²) in [4.78, 5) is 1.87. The van der Waals surface area contributed by atoms with Crippen LogP contribution in [-0.4, -0.2) is 49.0 Å². The number of nitrogens with zero attached hydrogens (tertiary/aromatic N) is 2. The second-order valence-electron chi connectivity index (χ2n) is 5.17. The second kappa shape index (κ2) is 6.38. The number of benzene rings is 1. The molecule has 1 atom stereocenters. The lowest BCUT2D eigenvalue weighted by molar-refractivity contribution is -0.398. The smallest absolute Gasteiger partial charge is 0.344 e.